The number of imide groups is 1. The van der Waals surface area contributed by atoms with Gasteiger partial charge in [-0.1, -0.05) is 27.7 Å². The molecule has 2 amide bonds. The summed E-state index contributed by atoms with van der Waals surface area (Å²) in [5.41, 5.74) is -0.374. The maximum absolute atomic E-state index is 12.2. The highest BCUT2D eigenvalue weighted by Gasteiger charge is 2.46. The molecule has 0 aromatic rings. The third-order valence-corrected chi connectivity index (χ3v) is 4.42. The average Bonchev–Trinajstić information content (AvgIpc) is 2.43. The summed E-state index contributed by atoms with van der Waals surface area (Å²) in [5, 5.41) is 3.46. The van der Waals surface area contributed by atoms with Crippen LogP contribution >= 0.6 is 0 Å². The van der Waals surface area contributed by atoms with E-state index in [1.807, 2.05) is 13.8 Å². The Morgan fingerprint density at radius 2 is 1.94 bits per heavy atom. The van der Waals surface area contributed by atoms with E-state index >= 15 is 0 Å². The smallest absolute Gasteiger partial charge is 0.235 e. The van der Waals surface area contributed by atoms with Crippen LogP contribution in [0.4, 0.5) is 0 Å². The summed E-state index contributed by atoms with van der Waals surface area (Å²) in [4.78, 5) is 25.6. The lowest BCUT2D eigenvalue weighted by atomic mass is 9.77. The topological polar surface area (TPSA) is 49.4 Å². The first-order chi connectivity index (χ1) is 8.24. The Morgan fingerprint density at radius 3 is 2.44 bits per heavy atom. The van der Waals surface area contributed by atoms with Crippen LogP contribution in [0.1, 0.15) is 47.0 Å². The Labute approximate surface area is 109 Å². The monoisotopic (exact) mass is 252 g/mol. The average molecular weight is 252 g/mol. The molecule has 4 heteroatoms. The van der Waals surface area contributed by atoms with Gasteiger partial charge < -0.3 is 5.32 Å². The van der Waals surface area contributed by atoms with Gasteiger partial charge in [0.2, 0.25) is 11.8 Å². The molecule has 2 heterocycles. The largest absolute Gasteiger partial charge is 0.312 e. The summed E-state index contributed by atoms with van der Waals surface area (Å²) >= 11 is 0. The second-order valence-corrected chi connectivity index (χ2v) is 6.97. The summed E-state index contributed by atoms with van der Waals surface area (Å²) in [6.07, 6.45) is 2.65. The molecule has 2 aliphatic heterocycles. The third kappa shape index (κ3) is 2.30. The molecule has 1 atom stereocenters. The van der Waals surface area contributed by atoms with Gasteiger partial charge in [0.25, 0.3) is 0 Å². The third-order valence-electron chi connectivity index (χ3n) is 4.42. The highest BCUT2D eigenvalue weighted by atomic mass is 16.2. The minimum absolute atomic E-state index is 0.0179. The van der Waals surface area contributed by atoms with Crippen molar-refractivity contribution in [1.82, 2.24) is 10.2 Å². The van der Waals surface area contributed by atoms with Crippen molar-refractivity contribution in [2.45, 2.75) is 53.0 Å². The second kappa shape index (κ2) is 4.34. The van der Waals surface area contributed by atoms with Crippen LogP contribution in [-0.2, 0) is 9.59 Å². The Hall–Kier alpha value is -0.900. The number of rotatable bonds is 2. The van der Waals surface area contributed by atoms with E-state index in [0.29, 0.717) is 13.0 Å². The number of piperidine rings is 1. The fourth-order valence-corrected chi connectivity index (χ4v) is 2.98. The number of nitrogens with zero attached hydrogens (tertiary/aromatic N) is 1. The number of carbonyl (C=O) groups is 2. The first-order valence-corrected chi connectivity index (χ1v) is 6.82. The van der Waals surface area contributed by atoms with E-state index in [2.05, 4.69) is 19.2 Å². The van der Waals surface area contributed by atoms with Gasteiger partial charge >= 0.3 is 0 Å². The molecule has 102 valence electrons. The summed E-state index contributed by atoms with van der Waals surface area (Å²) in [6, 6.07) is 0.216. The summed E-state index contributed by atoms with van der Waals surface area (Å²) in [6.45, 7) is 9.63. The van der Waals surface area contributed by atoms with Gasteiger partial charge in [-0.15, -0.1) is 0 Å². The number of nitrogens with one attached hydrogen (secondary N) is 1. The van der Waals surface area contributed by atoms with E-state index in [1.165, 1.54) is 4.90 Å². The zero-order valence-corrected chi connectivity index (χ0v) is 11.9. The van der Waals surface area contributed by atoms with Gasteiger partial charge in [-0.05, 0) is 24.8 Å². The Balaban J connectivity index is 2.10. The van der Waals surface area contributed by atoms with Gasteiger partial charge in [0.05, 0.1) is 5.41 Å². The summed E-state index contributed by atoms with van der Waals surface area (Å²) in [7, 11) is 0. The fourth-order valence-electron chi connectivity index (χ4n) is 2.98. The number of hydrogen-bond donors (Lipinski definition) is 1. The molecular formula is C14H24N2O2. The van der Waals surface area contributed by atoms with Crippen LogP contribution in [0.25, 0.3) is 0 Å². The molecule has 0 bridgehead atoms. The second-order valence-electron chi connectivity index (χ2n) is 6.97. The molecule has 0 aliphatic carbocycles. The number of amides is 2. The molecule has 0 spiro atoms. The Morgan fingerprint density at radius 1 is 1.28 bits per heavy atom. The molecule has 2 saturated heterocycles. The fraction of sp³-hybridized carbons (Fsp3) is 0.857. The van der Waals surface area contributed by atoms with Gasteiger partial charge in [0.1, 0.15) is 0 Å². The van der Waals surface area contributed by atoms with Crippen molar-refractivity contribution in [1.29, 1.82) is 0 Å². The molecule has 0 radical (unpaired) electrons. The van der Waals surface area contributed by atoms with Crippen molar-refractivity contribution in [2.24, 2.45) is 10.8 Å². The van der Waals surface area contributed by atoms with E-state index in [-0.39, 0.29) is 23.3 Å². The standard InChI is InChI=1S/C14H24N2O2/c1-13(2)6-5-7-15-10(13)9-16-11(17)8-14(3,4)12(16)18/h10,15H,5-9H2,1-4H3. The van der Waals surface area contributed by atoms with Gasteiger partial charge in [0, 0.05) is 19.0 Å². The number of likely N-dealkylation sites (tertiary alicyclic amines) is 1. The van der Waals surface area contributed by atoms with Crippen LogP contribution in [-0.4, -0.2) is 35.8 Å². The zero-order valence-electron chi connectivity index (χ0n) is 11.9. The molecule has 2 fully saturated rings. The summed E-state index contributed by atoms with van der Waals surface area (Å²) in [5.74, 6) is -0.0381. The van der Waals surface area contributed by atoms with Crippen molar-refractivity contribution in [2.75, 3.05) is 13.1 Å². The first-order valence-electron chi connectivity index (χ1n) is 6.82. The minimum Gasteiger partial charge on any atom is -0.312 e. The maximum atomic E-state index is 12.2. The van der Waals surface area contributed by atoms with Crippen LogP contribution < -0.4 is 5.32 Å². The van der Waals surface area contributed by atoms with Crippen LogP contribution in [0.5, 0.6) is 0 Å². The lowest BCUT2D eigenvalue weighted by Crippen LogP contribution is -2.54. The zero-order chi connectivity index (χ0) is 13.6. The van der Waals surface area contributed by atoms with Crippen LogP contribution in [0.3, 0.4) is 0 Å². The SMILES string of the molecule is CC1(C)CC(=O)N(CC2NCCCC2(C)C)C1=O. The van der Waals surface area contributed by atoms with Crippen molar-refractivity contribution >= 4 is 11.8 Å². The molecular weight excluding hydrogens is 228 g/mol. The van der Waals surface area contributed by atoms with E-state index in [1.54, 1.807) is 0 Å². The van der Waals surface area contributed by atoms with Crippen LogP contribution in [0.2, 0.25) is 0 Å². The number of hydrogen-bond acceptors (Lipinski definition) is 3. The lowest BCUT2D eigenvalue weighted by Gasteiger charge is -2.41. The normalized spacial score (nSPS) is 30.9. The predicted octanol–water partition coefficient (Wildman–Crippen LogP) is 1.55. The Kier molecular flexibility index (Phi) is 3.26. The van der Waals surface area contributed by atoms with Crippen molar-refractivity contribution in [3.63, 3.8) is 0 Å². The van der Waals surface area contributed by atoms with Crippen molar-refractivity contribution < 1.29 is 9.59 Å². The van der Waals surface area contributed by atoms with Gasteiger partial charge in [-0.25, -0.2) is 0 Å². The van der Waals surface area contributed by atoms with E-state index < -0.39 is 5.41 Å². The lowest BCUT2D eigenvalue weighted by molar-refractivity contribution is -0.141. The molecule has 4 nitrogen and oxygen atoms in total. The highest BCUT2D eigenvalue weighted by molar-refractivity contribution is 6.05. The predicted molar refractivity (Wildman–Crippen MR) is 69.9 cm³/mol. The van der Waals surface area contributed by atoms with Gasteiger partial charge in [-0.2, -0.15) is 0 Å². The summed E-state index contributed by atoms with van der Waals surface area (Å²) < 4.78 is 0. The molecule has 1 unspecified atom stereocenters. The minimum atomic E-state index is -0.518. The van der Waals surface area contributed by atoms with Crippen LogP contribution in [0.15, 0.2) is 0 Å². The molecule has 0 saturated carbocycles. The van der Waals surface area contributed by atoms with E-state index in [4.69, 9.17) is 0 Å². The quantitative estimate of drug-likeness (QED) is 0.759. The molecule has 0 aromatic carbocycles. The van der Waals surface area contributed by atoms with Crippen molar-refractivity contribution in [3.05, 3.63) is 0 Å². The van der Waals surface area contributed by atoms with Gasteiger partial charge in [0.15, 0.2) is 0 Å². The molecule has 1 N–H and O–H groups in total. The highest BCUT2D eigenvalue weighted by Crippen LogP contribution is 2.35. The molecule has 0 aromatic heterocycles. The Bertz CT molecular complexity index is 374. The molecule has 2 aliphatic rings. The first kappa shape index (κ1) is 13.5. The van der Waals surface area contributed by atoms with E-state index in [0.717, 1.165) is 19.4 Å². The molecule has 18 heavy (non-hydrogen) atoms. The van der Waals surface area contributed by atoms with E-state index in [9.17, 15) is 9.59 Å². The van der Waals surface area contributed by atoms with Crippen LogP contribution in [0, 0.1) is 10.8 Å². The number of carbonyl (C=O) groups excluding carboxylic acids is 2. The molecule has 2 rings (SSSR count). The van der Waals surface area contributed by atoms with Crippen molar-refractivity contribution in [3.8, 4) is 0 Å². The van der Waals surface area contributed by atoms with Gasteiger partial charge in [-0.3, -0.25) is 14.5 Å². The maximum Gasteiger partial charge on any atom is 0.235 e.